The first-order valence-corrected chi connectivity index (χ1v) is 9.66. The van der Waals surface area contributed by atoms with Gasteiger partial charge in [-0.2, -0.15) is 0 Å². The van der Waals surface area contributed by atoms with Crippen molar-refractivity contribution in [3.05, 3.63) is 70.8 Å². The zero-order valence-electron chi connectivity index (χ0n) is 16.3. The molecule has 0 radical (unpaired) electrons. The lowest BCUT2D eigenvalue weighted by atomic mass is 9.96. The van der Waals surface area contributed by atoms with Gasteiger partial charge in [0.2, 0.25) is 0 Å². The highest BCUT2D eigenvalue weighted by molar-refractivity contribution is 5.68. The minimum Gasteiger partial charge on any atom is -0.150 e. The van der Waals surface area contributed by atoms with E-state index in [0.717, 1.165) is 37.1 Å². The van der Waals surface area contributed by atoms with Crippen LogP contribution >= 0.6 is 0 Å². The molecule has 0 saturated heterocycles. The Kier molecular flexibility index (Phi) is 5.82. The fourth-order valence-corrected chi connectivity index (χ4v) is 3.52. The normalized spacial score (nSPS) is 10.9. The Bertz CT molecular complexity index is 805. The Hall–Kier alpha value is -2.48. The molecule has 0 fully saturated rings. The van der Waals surface area contributed by atoms with Crippen LogP contribution in [0.25, 0.3) is 22.5 Å². The van der Waals surface area contributed by atoms with Crippen molar-refractivity contribution in [2.24, 2.45) is 0 Å². The second kappa shape index (κ2) is 8.27. The maximum absolute atomic E-state index is 4.57. The number of hydrogen-bond donors (Lipinski definition) is 0. The second-order valence-corrected chi connectivity index (χ2v) is 7.13. The summed E-state index contributed by atoms with van der Waals surface area (Å²) in [5.41, 5.74) is 9.63. The van der Waals surface area contributed by atoms with Crippen LogP contribution in [-0.4, -0.2) is 10.2 Å². The van der Waals surface area contributed by atoms with Gasteiger partial charge in [0.05, 0.1) is 11.4 Å². The summed E-state index contributed by atoms with van der Waals surface area (Å²) in [6.07, 6.45) is 4.40. The molecule has 1 aromatic heterocycles. The summed E-state index contributed by atoms with van der Waals surface area (Å²) in [6, 6.07) is 17.4. The predicted octanol–water partition coefficient (Wildman–Crippen LogP) is 6.33. The van der Waals surface area contributed by atoms with Gasteiger partial charge >= 0.3 is 0 Å². The Morgan fingerprint density at radius 3 is 1.38 bits per heavy atom. The Labute approximate surface area is 157 Å². The van der Waals surface area contributed by atoms with Gasteiger partial charge in [-0.05, 0) is 49.9 Å². The van der Waals surface area contributed by atoms with E-state index >= 15 is 0 Å². The van der Waals surface area contributed by atoms with Crippen molar-refractivity contribution in [3.63, 3.8) is 0 Å². The van der Waals surface area contributed by atoms with Crippen LogP contribution in [0, 0.1) is 13.8 Å². The molecule has 2 aromatic carbocycles. The lowest BCUT2D eigenvalue weighted by Gasteiger charge is -2.11. The van der Waals surface area contributed by atoms with Gasteiger partial charge in [0, 0.05) is 11.1 Å². The van der Waals surface area contributed by atoms with Gasteiger partial charge in [0.1, 0.15) is 0 Å². The van der Waals surface area contributed by atoms with E-state index in [2.05, 4.69) is 86.4 Å². The number of benzene rings is 2. The van der Waals surface area contributed by atoms with Crippen molar-refractivity contribution >= 4 is 0 Å². The lowest BCUT2D eigenvalue weighted by Crippen LogP contribution is -1.97. The molecule has 0 bridgehead atoms. The van der Waals surface area contributed by atoms with Crippen LogP contribution in [0.1, 0.15) is 48.9 Å². The van der Waals surface area contributed by atoms with Crippen LogP contribution < -0.4 is 0 Å². The maximum Gasteiger partial charge on any atom is 0.0932 e. The van der Waals surface area contributed by atoms with E-state index in [1.165, 1.54) is 33.4 Å². The Balaban J connectivity index is 1.98. The summed E-state index contributed by atoms with van der Waals surface area (Å²) < 4.78 is 0. The van der Waals surface area contributed by atoms with Crippen LogP contribution in [0.15, 0.2) is 48.5 Å². The molecule has 134 valence electrons. The van der Waals surface area contributed by atoms with Gasteiger partial charge in [0.15, 0.2) is 0 Å². The summed E-state index contributed by atoms with van der Waals surface area (Å²) >= 11 is 0. The highest BCUT2D eigenvalue weighted by Crippen LogP contribution is 2.27. The molecule has 0 atom stereocenters. The van der Waals surface area contributed by atoms with E-state index in [-0.39, 0.29) is 0 Å². The third kappa shape index (κ3) is 4.01. The highest BCUT2D eigenvalue weighted by Gasteiger charge is 2.10. The summed E-state index contributed by atoms with van der Waals surface area (Å²) in [5.74, 6) is 0. The Morgan fingerprint density at radius 2 is 1.04 bits per heavy atom. The molecule has 0 N–H and O–H groups in total. The third-order valence-corrected chi connectivity index (χ3v) is 4.78. The zero-order valence-corrected chi connectivity index (χ0v) is 16.3. The van der Waals surface area contributed by atoms with Crippen molar-refractivity contribution in [2.45, 2.75) is 53.4 Å². The molecule has 0 aliphatic rings. The van der Waals surface area contributed by atoms with Crippen LogP contribution in [0.4, 0.5) is 0 Å². The van der Waals surface area contributed by atoms with Crippen molar-refractivity contribution in [2.75, 3.05) is 0 Å². The van der Waals surface area contributed by atoms with Gasteiger partial charge in [-0.15, -0.1) is 10.2 Å². The van der Waals surface area contributed by atoms with Crippen LogP contribution in [0.3, 0.4) is 0 Å². The van der Waals surface area contributed by atoms with Crippen molar-refractivity contribution in [1.82, 2.24) is 10.2 Å². The van der Waals surface area contributed by atoms with Gasteiger partial charge in [-0.25, -0.2) is 0 Å². The van der Waals surface area contributed by atoms with Gasteiger partial charge in [-0.1, -0.05) is 74.2 Å². The summed E-state index contributed by atoms with van der Waals surface area (Å²) in [5, 5.41) is 9.14. The highest BCUT2D eigenvalue weighted by atomic mass is 15.1. The summed E-state index contributed by atoms with van der Waals surface area (Å²) in [6.45, 7) is 8.72. The number of hydrogen-bond acceptors (Lipinski definition) is 2. The molecule has 0 unspecified atom stereocenters. The SMILES string of the molecule is CCCc1cc(C)ccc1-c1ccc(-c2ccc(C)cc2CCC)nn1. The minimum atomic E-state index is 0.960. The molecule has 26 heavy (non-hydrogen) atoms. The average molecular weight is 345 g/mol. The predicted molar refractivity (Wildman–Crippen MR) is 110 cm³/mol. The van der Waals surface area contributed by atoms with Crippen LogP contribution in [0.2, 0.25) is 0 Å². The van der Waals surface area contributed by atoms with E-state index in [9.17, 15) is 0 Å². The molecule has 0 aliphatic heterocycles. The van der Waals surface area contributed by atoms with E-state index in [1.54, 1.807) is 0 Å². The molecule has 3 rings (SSSR count). The first-order chi connectivity index (χ1) is 12.6. The lowest BCUT2D eigenvalue weighted by molar-refractivity contribution is 0.915. The van der Waals surface area contributed by atoms with Crippen LogP contribution in [0.5, 0.6) is 0 Å². The van der Waals surface area contributed by atoms with E-state index < -0.39 is 0 Å². The van der Waals surface area contributed by atoms with E-state index in [0.29, 0.717) is 0 Å². The average Bonchev–Trinajstić information content (AvgIpc) is 2.63. The molecule has 0 spiro atoms. The van der Waals surface area contributed by atoms with Crippen molar-refractivity contribution in [3.8, 4) is 22.5 Å². The fraction of sp³-hybridized carbons (Fsp3) is 0.333. The molecular formula is C24H28N2. The standard InChI is InChI=1S/C24H28N2/c1-5-7-19-15-17(3)9-11-21(19)23-13-14-24(26-25-23)22-12-10-18(4)16-20(22)8-6-2/h9-16H,5-8H2,1-4H3. The summed E-state index contributed by atoms with van der Waals surface area (Å²) in [4.78, 5) is 0. The number of rotatable bonds is 6. The van der Waals surface area contributed by atoms with Gasteiger partial charge in [0.25, 0.3) is 0 Å². The smallest absolute Gasteiger partial charge is 0.0932 e. The second-order valence-electron chi connectivity index (χ2n) is 7.13. The molecule has 2 nitrogen and oxygen atoms in total. The summed E-state index contributed by atoms with van der Waals surface area (Å²) in [7, 11) is 0. The van der Waals surface area contributed by atoms with Gasteiger partial charge < -0.3 is 0 Å². The maximum atomic E-state index is 4.57. The van der Waals surface area contributed by atoms with Crippen molar-refractivity contribution in [1.29, 1.82) is 0 Å². The molecule has 0 aliphatic carbocycles. The zero-order chi connectivity index (χ0) is 18.5. The molecule has 2 heteroatoms. The number of nitrogens with zero attached hydrogens (tertiary/aromatic N) is 2. The molecular weight excluding hydrogens is 316 g/mol. The van der Waals surface area contributed by atoms with Gasteiger partial charge in [-0.3, -0.25) is 0 Å². The first-order valence-electron chi connectivity index (χ1n) is 9.66. The largest absolute Gasteiger partial charge is 0.150 e. The molecule has 1 heterocycles. The molecule has 0 amide bonds. The number of aryl methyl sites for hydroxylation is 4. The van der Waals surface area contributed by atoms with E-state index in [4.69, 9.17) is 0 Å². The quantitative estimate of drug-likeness (QED) is 0.522. The van der Waals surface area contributed by atoms with E-state index in [1.807, 2.05) is 0 Å². The Morgan fingerprint density at radius 1 is 0.615 bits per heavy atom. The topological polar surface area (TPSA) is 25.8 Å². The first kappa shape index (κ1) is 18.3. The third-order valence-electron chi connectivity index (χ3n) is 4.78. The number of aromatic nitrogens is 2. The molecule has 3 aromatic rings. The van der Waals surface area contributed by atoms with Crippen LogP contribution in [-0.2, 0) is 12.8 Å². The monoisotopic (exact) mass is 344 g/mol. The minimum absolute atomic E-state index is 0.960. The molecule has 0 saturated carbocycles. The van der Waals surface area contributed by atoms with Crippen molar-refractivity contribution < 1.29 is 0 Å². The fourth-order valence-electron chi connectivity index (χ4n) is 3.52.